The molecule has 1 atom stereocenters. The predicted octanol–water partition coefficient (Wildman–Crippen LogP) is 1.60. The summed E-state index contributed by atoms with van der Waals surface area (Å²) < 4.78 is 26.6. The lowest BCUT2D eigenvalue weighted by Crippen LogP contribution is -2.59. The molecule has 15 heavy (non-hydrogen) atoms. The van der Waals surface area contributed by atoms with Crippen molar-refractivity contribution in [2.75, 3.05) is 11.5 Å². The Morgan fingerprint density at radius 1 is 1.40 bits per heavy atom. The highest BCUT2D eigenvalue weighted by atomic mass is 32.2. The number of alkyl halides is 2. The van der Waals surface area contributed by atoms with E-state index in [2.05, 4.69) is 0 Å². The minimum Gasteiger partial charge on any atom is -0.477 e. The second kappa shape index (κ2) is 3.59. The molecule has 0 aromatic heterocycles. The van der Waals surface area contributed by atoms with Crippen molar-refractivity contribution in [2.24, 2.45) is 5.41 Å². The standard InChI is InChI=1S/C9H14F2O3S/c1-7(2)3-8(14,5-15-4-7)9(10,11)6(12)13/h14H,3-5H2,1-2H3,(H,12,13). The average molecular weight is 240 g/mol. The zero-order chi connectivity index (χ0) is 11.9. The minimum atomic E-state index is -4.09. The van der Waals surface area contributed by atoms with Gasteiger partial charge in [-0.05, 0) is 17.6 Å². The lowest BCUT2D eigenvalue weighted by atomic mass is 9.78. The zero-order valence-corrected chi connectivity index (χ0v) is 9.40. The van der Waals surface area contributed by atoms with E-state index in [4.69, 9.17) is 5.11 Å². The number of rotatable bonds is 2. The first-order valence-electron chi connectivity index (χ1n) is 4.52. The smallest absolute Gasteiger partial charge is 0.377 e. The van der Waals surface area contributed by atoms with E-state index in [1.807, 2.05) is 0 Å². The molecule has 0 aromatic carbocycles. The molecular formula is C9H14F2O3S. The number of halogens is 2. The molecule has 1 saturated heterocycles. The fourth-order valence-electron chi connectivity index (χ4n) is 1.79. The summed E-state index contributed by atoms with van der Waals surface area (Å²) >= 11 is 1.16. The van der Waals surface area contributed by atoms with Crippen LogP contribution >= 0.6 is 11.8 Å². The van der Waals surface area contributed by atoms with Crippen LogP contribution < -0.4 is 0 Å². The second-order valence-electron chi connectivity index (χ2n) is 4.74. The van der Waals surface area contributed by atoms with E-state index in [0.29, 0.717) is 5.75 Å². The number of hydrogen-bond donors (Lipinski definition) is 2. The van der Waals surface area contributed by atoms with Gasteiger partial charge >= 0.3 is 11.9 Å². The van der Waals surface area contributed by atoms with E-state index in [1.54, 1.807) is 13.8 Å². The van der Waals surface area contributed by atoms with Crippen molar-refractivity contribution in [1.82, 2.24) is 0 Å². The van der Waals surface area contributed by atoms with E-state index in [-0.39, 0.29) is 12.2 Å². The van der Waals surface area contributed by atoms with Gasteiger partial charge in [-0.3, -0.25) is 0 Å². The monoisotopic (exact) mass is 240 g/mol. The molecule has 6 heteroatoms. The predicted molar refractivity (Wildman–Crippen MR) is 53.3 cm³/mol. The molecule has 2 N–H and O–H groups in total. The van der Waals surface area contributed by atoms with Crippen molar-refractivity contribution in [1.29, 1.82) is 0 Å². The number of hydrogen-bond acceptors (Lipinski definition) is 3. The Hall–Kier alpha value is -0.360. The molecule has 0 bridgehead atoms. The van der Waals surface area contributed by atoms with Crippen LogP contribution in [0.2, 0.25) is 0 Å². The Bertz CT molecular complexity index is 281. The van der Waals surface area contributed by atoms with Crippen LogP contribution in [-0.2, 0) is 4.79 Å². The first kappa shape index (κ1) is 12.7. The number of thioether (sulfide) groups is 1. The molecule has 1 aliphatic rings. The summed E-state index contributed by atoms with van der Waals surface area (Å²) in [5, 5.41) is 18.2. The van der Waals surface area contributed by atoms with Crippen molar-refractivity contribution in [2.45, 2.75) is 31.8 Å². The summed E-state index contributed by atoms with van der Waals surface area (Å²) in [5.41, 5.74) is -2.91. The lowest BCUT2D eigenvalue weighted by Gasteiger charge is -2.43. The molecule has 0 aromatic rings. The average Bonchev–Trinajstić information content (AvgIpc) is 2.00. The van der Waals surface area contributed by atoms with Crippen LogP contribution in [0.4, 0.5) is 8.78 Å². The molecule has 1 unspecified atom stereocenters. The van der Waals surface area contributed by atoms with E-state index in [0.717, 1.165) is 11.8 Å². The summed E-state index contributed by atoms with van der Waals surface area (Å²) in [6, 6.07) is 0. The summed E-state index contributed by atoms with van der Waals surface area (Å²) in [5.74, 6) is -5.94. The number of carbonyl (C=O) groups is 1. The fraction of sp³-hybridized carbons (Fsp3) is 0.889. The molecule has 1 rings (SSSR count). The van der Waals surface area contributed by atoms with Gasteiger partial charge in [-0.1, -0.05) is 13.8 Å². The molecule has 0 amide bonds. The lowest BCUT2D eigenvalue weighted by molar-refractivity contribution is -0.209. The Kier molecular flexibility index (Phi) is 3.04. The SMILES string of the molecule is CC1(C)CSCC(O)(C(F)(F)C(=O)O)C1. The fourth-order valence-corrected chi connectivity index (χ4v) is 3.17. The van der Waals surface area contributed by atoms with Gasteiger partial charge in [-0.2, -0.15) is 20.5 Å². The van der Waals surface area contributed by atoms with Gasteiger partial charge in [0.2, 0.25) is 0 Å². The molecule has 88 valence electrons. The van der Waals surface area contributed by atoms with Crippen LogP contribution in [-0.4, -0.2) is 39.2 Å². The highest BCUT2D eigenvalue weighted by molar-refractivity contribution is 7.99. The van der Waals surface area contributed by atoms with Crippen LogP contribution in [0.3, 0.4) is 0 Å². The Morgan fingerprint density at radius 3 is 2.33 bits per heavy atom. The van der Waals surface area contributed by atoms with Gasteiger partial charge in [-0.25, -0.2) is 4.79 Å². The minimum absolute atomic E-state index is 0.202. The highest BCUT2D eigenvalue weighted by Crippen LogP contribution is 2.46. The quantitative estimate of drug-likeness (QED) is 0.769. The topological polar surface area (TPSA) is 57.5 Å². The summed E-state index contributed by atoms with van der Waals surface area (Å²) in [7, 11) is 0. The molecule has 1 aliphatic heterocycles. The zero-order valence-electron chi connectivity index (χ0n) is 8.59. The van der Waals surface area contributed by atoms with Gasteiger partial charge < -0.3 is 10.2 Å². The third kappa shape index (κ3) is 2.25. The van der Waals surface area contributed by atoms with Crippen LogP contribution in [0, 0.1) is 5.41 Å². The third-order valence-corrected chi connectivity index (χ3v) is 4.12. The second-order valence-corrected chi connectivity index (χ2v) is 5.73. The van der Waals surface area contributed by atoms with Crippen molar-refractivity contribution < 1.29 is 23.8 Å². The van der Waals surface area contributed by atoms with Crippen molar-refractivity contribution in [3.05, 3.63) is 0 Å². The maximum absolute atomic E-state index is 13.3. The van der Waals surface area contributed by atoms with Gasteiger partial charge in [0.1, 0.15) is 5.60 Å². The maximum Gasteiger partial charge on any atom is 0.377 e. The number of carboxylic acid groups (broad SMARTS) is 1. The van der Waals surface area contributed by atoms with Crippen molar-refractivity contribution in [3.63, 3.8) is 0 Å². The van der Waals surface area contributed by atoms with E-state index < -0.39 is 22.9 Å². The molecular weight excluding hydrogens is 226 g/mol. The first-order valence-corrected chi connectivity index (χ1v) is 5.68. The molecule has 0 aliphatic carbocycles. The summed E-state index contributed by atoms with van der Waals surface area (Å²) in [6.07, 6.45) is -0.202. The van der Waals surface area contributed by atoms with Crippen LogP contribution in [0.25, 0.3) is 0 Å². The van der Waals surface area contributed by atoms with Gasteiger partial charge in [0.05, 0.1) is 0 Å². The van der Waals surface area contributed by atoms with Gasteiger partial charge in [0.15, 0.2) is 0 Å². The Balaban J connectivity index is 2.96. The molecule has 3 nitrogen and oxygen atoms in total. The molecule has 0 radical (unpaired) electrons. The number of aliphatic hydroxyl groups is 1. The summed E-state index contributed by atoms with van der Waals surface area (Å²) in [6.45, 7) is 3.48. The highest BCUT2D eigenvalue weighted by Gasteiger charge is 2.61. The molecule has 0 saturated carbocycles. The Morgan fingerprint density at radius 2 is 1.93 bits per heavy atom. The normalized spacial score (nSPS) is 31.3. The van der Waals surface area contributed by atoms with Gasteiger partial charge in [0, 0.05) is 5.75 Å². The van der Waals surface area contributed by atoms with Gasteiger partial charge in [-0.15, -0.1) is 0 Å². The molecule has 0 spiro atoms. The van der Waals surface area contributed by atoms with E-state index in [9.17, 15) is 18.7 Å². The molecule has 1 heterocycles. The third-order valence-electron chi connectivity index (χ3n) is 2.46. The van der Waals surface area contributed by atoms with Crippen molar-refractivity contribution >= 4 is 17.7 Å². The van der Waals surface area contributed by atoms with E-state index >= 15 is 0 Å². The number of aliphatic carboxylic acids is 1. The maximum atomic E-state index is 13.3. The Labute approximate surface area is 90.9 Å². The van der Waals surface area contributed by atoms with Crippen molar-refractivity contribution in [3.8, 4) is 0 Å². The molecule has 1 fully saturated rings. The van der Waals surface area contributed by atoms with E-state index in [1.165, 1.54) is 0 Å². The first-order chi connectivity index (χ1) is 6.61. The largest absolute Gasteiger partial charge is 0.477 e. The van der Waals surface area contributed by atoms with Crippen LogP contribution in [0.15, 0.2) is 0 Å². The van der Waals surface area contributed by atoms with Crippen LogP contribution in [0.5, 0.6) is 0 Å². The number of carboxylic acids is 1. The van der Waals surface area contributed by atoms with Gasteiger partial charge in [0.25, 0.3) is 0 Å². The van der Waals surface area contributed by atoms with Crippen LogP contribution in [0.1, 0.15) is 20.3 Å². The summed E-state index contributed by atoms with van der Waals surface area (Å²) in [4.78, 5) is 10.4.